The molecule has 7 nitrogen and oxygen atoms in total. The molecule has 1 unspecified atom stereocenters. The number of aromatic nitrogens is 2. The minimum Gasteiger partial charge on any atom is -0.336 e. The van der Waals surface area contributed by atoms with Crippen molar-refractivity contribution in [3.8, 4) is 0 Å². The molecule has 0 bridgehead atoms. The van der Waals surface area contributed by atoms with E-state index in [1.54, 1.807) is 18.0 Å². The van der Waals surface area contributed by atoms with Gasteiger partial charge in [0.25, 0.3) is 5.91 Å². The Morgan fingerprint density at radius 3 is 2.75 bits per heavy atom. The molecule has 1 aromatic rings. The second kappa shape index (κ2) is 5.84. The summed E-state index contributed by atoms with van der Waals surface area (Å²) >= 11 is 0. The number of likely N-dealkylation sites (tertiary alicyclic amines) is 1. The number of aryl methyl sites for hydroxylation is 1. The van der Waals surface area contributed by atoms with E-state index in [2.05, 4.69) is 14.7 Å². The van der Waals surface area contributed by atoms with Gasteiger partial charge in [-0.05, 0) is 19.8 Å². The maximum atomic E-state index is 12.3. The van der Waals surface area contributed by atoms with Crippen LogP contribution >= 0.6 is 0 Å². The van der Waals surface area contributed by atoms with Gasteiger partial charge in [-0.3, -0.25) is 9.78 Å². The Hall–Kier alpha value is -1.54. The standard InChI is InChI=1S/C12H18N4O3S/c1-9-6-14-11(7-13-9)12(17)16-5-3-4-10(8-16)15-20(2,18)19/h6-7,10,15H,3-5,8H2,1-2H3. The molecule has 1 aromatic heterocycles. The summed E-state index contributed by atoms with van der Waals surface area (Å²) in [5, 5.41) is 0. The molecule has 0 spiro atoms. The minimum absolute atomic E-state index is 0.211. The lowest BCUT2D eigenvalue weighted by atomic mass is 10.1. The molecule has 1 fully saturated rings. The van der Waals surface area contributed by atoms with E-state index in [0.717, 1.165) is 24.8 Å². The molecule has 1 atom stereocenters. The van der Waals surface area contributed by atoms with Crippen molar-refractivity contribution >= 4 is 15.9 Å². The molecule has 8 heteroatoms. The SMILES string of the molecule is Cc1cnc(C(=O)N2CCCC(NS(C)(=O)=O)C2)cn1. The molecular formula is C12H18N4O3S. The van der Waals surface area contributed by atoms with Crippen molar-refractivity contribution in [1.29, 1.82) is 0 Å². The Morgan fingerprint density at radius 2 is 2.15 bits per heavy atom. The van der Waals surface area contributed by atoms with E-state index in [9.17, 15) is 13.2 Å². The Balaban J connectivity index is 2.05. The van der Waals surface area contributed by atoms with Crippen LogP contribution in [0.2, 0.25) is 0 Å². The lowest BCUT2D eigenvalue weighted by Gasteiger charge is -2.32. The number of hydrogen-bond donors (Lipinski definition) is 1. The van der Waals surface area contributed by atoms with Crippen LogP contribution in [0.4, 0.5) is 0 Å². The Labute approximate surface area is 118 Å². The van der Waals surface area contributed by atoms with Crippen LogP contribution in [-0.4, -0.2) is 54.6 Å². The van der Waals surface area contributed by atoms with E-state index in [1.807, 2.05) is 0 Å². The molecule has 2 rings (SSSR count). The van der Waals surface area contributed by atoms with Gasteiger partial charge in [0.05, 0.1) is 18.1 Å². The Morgan fingerprint density at radius 1 is 1.40 bits per heavy atom. The molecule has 1 amide bonds. The van der Waals surface area contributed by atoms with Crippen LogP contribution in [0.3, 0.4) is 0 Å². The summed E-state index contributed by atoms with van der Waals surface area (Å²) in [7, 11) is -3.26. The molecule has 0 aliphatic carbocycles. The molecule has 1 saturated heterocycles. The van der Waals surface area contributed by atoms with Gasteiger partial charge in [0.2, 0.25) is 10.0 Å². The minimum atomic E-state index is -3.26. The van der Waals surface area contributed by atoms with Gasteiger partial charge >= 0.3 is 0 Å². The molecule has 1 aliphatic rings. The number of rotatable bonds is 3. The monoisotopic (exact) mass is 298 g/mol. The highest BCUT2D eigenvalue weighted by Crippen LogP contribution is 2.13. The first-order valence-corrected chi connectivity index (χ1v) is 8.29. The number of hydrogen-bond acceptors (Lipinski definition) is 5. The molecule has 2 heterocycles. The first-order chi connectivity index (χ1) is 9.35. The van der Waals surface area contributed by atoms with Crippen molar-refractivity contribution in [1.82, 2.24) is 19.6 Å². The summed E-state index contributed by atoms with van der Waals surface area (Å²) in [4.78, 5) is 22.0. The predicted octanol–water partition coefficient (Wildman–Crippen LogP) is -0.0612. The fourth-order valence-corrected chi connectivity index (χ4v) is 3.02. The fourth-order valence-electron chi connectivity index (χ4n) is 2.23. The largest absolute Gasteiger partial charge is 0.336 e. The van der Waals surface area contributed by atoms with Gasteiger partial charge in [-0.1, -0.05) is 0 Å². The van der Waals surface area contributed by atoms with Crippen molar-refractivity contribution in [2.45, 2.75) is 25.8 Å². The van der Waals surface area contributed by atoms with Crippen LogP contribution in [0.15, 0.2) is 12.4 Å². The highest BCUT2D eigenvalue weighted by Gasteiger charge is 2.26. The van der Waals surface area contributed by atoms with Gasteiger partial charge in [-0.2, -0.15) is 0 Å². The number of carbonyl (C=O) groups excluding carboxylic acids is 1. The number of nitrogens with one attached hydrogen (secondary N) is 1. The molecule has 1 N–H and O–H groups in total. The number of carbonyl (C=O) groups is 1. The van der Waals surface area contributed by atoms with Crippen molar-refractivity contribution in [3.05, 3.63) is 23.8 Å². The molecule has 0 radical (unpaired) electrons. The summed E-state index contributed by atoms with van der Waals surface area (Å²) in [6.45, 7) is 2.77. The lowest BCUT2D eigenvalue weighted by molar-refractivity contribution is 0.0696. The average Bonchev–Trinajstić information content (AvgIpc) is 2.37. The van der Waals surface area contributed by atoms with E-state index in [4.69, 9.17) is 0 Å². The third-order valence-electron chi connectivity index (χ3n) is 3.09. The van der Waals surface area contributed by atoms with E-state index in [-0.39, 0.29) is 17.6 Å². The van der Waals surface area contributed by atoms with Crippen LogP contribution in [0.5, 0.6) is 0 Å². The van der Waals surface area contributed by atoms with E-state index in [1.165, 1.54) is 6.20 Å². The number of piperidine rings is 1. The van der Waals surface area contributed by atoms with Crippen molar-refractivity contribution in [3.63, 3.8) is 0 Å². The predicted molar refractivity (Wildman–Crippen MR) is 73.7 cm³/mol. The van der Waals surface area contributed by atoms with Crippen molar-refractivity contribution in [2.75, 3.05) is 19.3 Å². The molecule has 20 heavy (non-hydrogen) atoms. The van der Waals surface area contributed by atoms with E-state index in [0.29, 0.717) is 13.1 Å². The van der Waals surface area contributed by atoms with Gasteiger partial charge in [0, 0.05) is 25.3 Å². The van der Waals surface area contributed by atoms with E-state index >= 15 is 0 Å². The van der Waals surface area contributed by atoms with Crippen molar-refractivity contribution < 1.29 is 13.2 Å². The van der Waals surface area contributed by atoms with Crippen LogP contribution in [0, 0.1) is 6.92 Å². The maximum absolute atomic E-state index is 12.3. The highest BCUT2D eigenvalue weighted by atomic mass is 32.2. The normalized spacial score (nSPS) is 19.9. The topological polar surface area (TPSA) is 92.3 Å². The van der Waals surface area contributed by atoms with Crippen molar-refractivity contribution in [2.24, 2.45) is 0 Å². The maximum Gasteiger partial charge on any atom is 0.274 e. The summed E-state index contributed by atoms with van der Waals surface area (Å²) < 4.78 is 25.0. The zero-order valence-corrected chi connectivity index (χ0v) is 12.4. The van der Waals surface area contributed by atoms with Gasteiger partial charge < -0.3 is 4.90 Å². The molecule has 0 aromatic carbocycles. The zero-order chi connectivity index (χ0) is 14.8. The Kier molecular flexibility index (Phi) is 4.34. The molecule has 0 saturated carbocycles. The summed E-state index contributed by atoms with van der Waals surface area (Å²) in [5.41, 5.74) is 1.03. The molecular weight excluding hydrogens is 280 g/mol. The summed E-state index contributed by atoms with van der Waals surface area (Å²) in [6, 6.07) is -0.235. The quantitative estimate of drug-likeness (QED) is 0.844. The fraction of sp³-hybridized carbons (Fsp3) is 0.583. The smallest absolute Gasteiger partial charge is 0.274 e. The summed E-state index contributed by atoms with van der Waals surface area (Å²) in [5.74, 6) is -0.211. The van der Waals surface area contributed by atoms with Crippen LogP contribution in [0.25, 0.3) is 0 Å². The first kappa shape index (κ1) is 14.9. The van der Waals surface area contributed by atoms with Crippen LogP contribution in [-0.2, 0) is 10.0 Å². The van der Waals surface area contributed by atoms with Gasteiger partial charge in [-0.25, -0.2) is 18.1 Å². The third kappa shape index (κ3) is 3.97. The molecule has 1 aliphatic heterocycles. The lowest BCUT2D eigenvalue weighted by Crippen LogP contribution is -2.49. The van der Waals surface area contributed by atoms with E-state index < -0.39 is 10.0 Å². The average molecular weight is 298 g/mol. The van der Waals surface area contributed by atoms with Crippen LogP contribution in [0.1, 0.15) is 29.0 Å². The second-order valence-electron chi connectivity index (χ2n) is 5.02. The summed E-state index contributed by atoms with van der Waals surface area (Å²) in [6.07, 6.45) is 5.61. The number of amides is 1. The zero-order valence-electron chi connectivity index (χ0n) is 11.5. The van der Waals surface area contributed by atoms with Gasteiger partial charge in [0.1, 0.15) is 5.69 Å². The van der Waals surface area contributed by atoms with Gasteiger partial charge in [-0.15, -0.1) is 0 Å². The third-order valence-corrected chi connectivity index (χ3v) is 3.85. The number of sulfonamides is 1. The van der Waals surface area contributed by atoms with Gasteiger partial charge in [0.15, 0.2) is 0 Å². The number of nitrogens with zero attached hydrogens (tertiary/aromatic N) is 3. The molecule has 110 valence electrons. The first-order valence-electron chi connectivity index (χ1n) is 6.40. The van der Waals surface area contributed by atoms with Crippen LogP contribution < -0.4 is 4.72 Å². The Bertz CT molecular complexity index is 585. The second-order valence-corrected chi connectivity index (χ2v) is 6.80. The highest BCUT2D eigenvalue weighted by molar-refractivity contribution is 7.88.